The third-order valence-electron chi connectivity index (χ3n) is 4.28. The fraction of sp³-hybridized carbons (Fsp3) is 0.438. The minimum absolute atomic E-state index is 0.0847. The van der Waals surface area contributed by atoms with Gasteiger partial charge < -0.3 is 5.32 Å². The molecule has 0 unspecified atom stereocenters. The van der Waals surface area contributed by atoms with Crippen molar-refractivity contribution in [2.45, 2.75) is 24.9 Å². The Labute approximate surface area is 124 Å². The fourth-order valence-electron chi connectivity index (χ4n) is 2.97. The second-order valence-corrected chi connectivity index (χ2v) is 6.33. The van der Waals surface area contributed by atoms with E-state index < -0.39 is 0 Å². The first kappa shape index (κ1) is 13.7. The lowest BCUT2D eigenvalue weighted by atomic mass is 9.88. The van der Waals surface area contributed by atoms with Gasteiger partial charge in [-0.2, -0.15) is 0 Å². The van der Waals surface area contributed by atoms with Crippen molar-refractivity contribution >= 4 is 11.3 Å². The molecule has 1 aliphatic heterocycles. The number of aromatic nitrogens is 1. The molecule has 1 aromatic heterocycles. The largest absolute Gasteiger partial charge is 0.308 e. The molecule has 0 saturated carbocycles. The van der Waals surface area contributed by atoms with Crippen LogP contribution in [-0.2, 0) is 12.1 Å². The Bertz CT molecular complexity index is 516. The second-order valence-electron chi connectivity index (χ2n) is 5.43. The first-order chi connectivity index (χ1) is 9.82. The number of hydrogen-bond donors (Lipinski definition) is 1. The van der Waals surface area contributed by atoms with Crippen LogP contribution in [0.1, 0.15) is 23.4 Å². The molecule has 1 saturated heterocycles. The van der Waals surface area contributed by atoms with Crippen LogP contribution >= 0.6 is 11.3 Å². The summed E-state index contributed by atoms with van der Waals surface area (Å²) in [4.78, 5) is 7.07. The molecule has 106 valence electrons. The minimum Gasteiger partial charge on any atom is -0.308 e. The van der Waals surface area contributed by atoms with Gasteiger partial charge in [0.1, 0.15) is 5.01 Å². The van der Waals surface area contributed by atoms with E-state index in [-0.39, 0.29) is 5.54 Å². The molecule has 20 heavy (non-hydrogen) atoms. The van der Waals surface area contributed by atoms with Gasteiger partial charge in [-0.15, -0.1) is 11.3 Å². The summed E-state index contributed by atoms with van der Waals surface area (Å²) in [6.07, 6.45) is 4.17. The average molecular weight is 287 g/mol. The molecule has 0 spiro atoms. The van der Waals surface area contributed by atoms with Crippen LogP contribution in [0.4, 0.5) is 0 Å². The molecule has 2 heterocycles. The zero-order chi connectivity index (χ0) is 13.8. The number of thiazole rings is 1. The lowest BCUT2D eigenvalue weighted by molar-refractivity contribution is 0.134. The van der Waals surface area contributed by atoms with Gasteiger partial charge in [0.25, 0.3) is 0 Å². The van der Waals surface area contributed by atoms with Gasteiger partial charge in [0.15, 0.2) is 0 Å². The molecule has 2 aromatic rings. The lowest BCUT2D eigenvalue weighted by Gasteiger charge is -2.40. The molecule has 3 rings (SSSR count). The van der Waals surface area contributed by atoms with E-state index in [0.29, 0.717) is 0 Å². The SMILES string of the molecule is CNC1(c2nccs2)CCN(Cc2ccccc2)CC1. The Morgan fingerprint density at radius 2 is 2.00 bits per heavy atom. The second kappa shape index (κ2) is 6.04. The van der Waals surface area contributed by atoms with E-state index in [0.717, 1.165) is 32.5 Å². The van der Waals surface area contributed by atoms with Gasteiger partial charge in [0.05, 0.1) is 5.54 Å². The van der Waals surface area contributed by atoms with E-state index in [2.05, 4.69) is 58.0 Å². The zero-order valence-corrected chi connectivity index (χ0v) is 12.7. The average Bonchev–Trinajstić information content (AvgIpc) is 3.04. The third-order valence-corrected chi connectivity index (χ3v) is 5.26. The summed E-state index contributed by atoms with van der Waals surface area (Å²) >= 11 is 1.77. The Morgan fingerprint density at radius 3 is 2.60 bits per heavy atom. The summed E-state index contributed by atoms with van der Waals surface area (Å²) < 4.78 is 0. The molecule has 0 aliphatic carbocycles. The molecule has 1 aromatic carbocycles. The van der Waals surface area contributed by atoms with Crippen LogP contribution in [-0.4, -0.2) is 30.0 Å². The van der Waals surface area contributed by atoms with Crippen LogP contribution in [0.2, 0.25) is 0 Å². The molecule has 0 radical (unpaired) electrons. The van der Waals surface area contributed by atoms with E-state index in [1.807, 2.05) is 6.20 Å². The standard InChI is InChI=1S/C16H21N3S/c1-17-16(15-18-9-12-20-15)7-10-19(11-8-16)13-14-5-3-2-4-6-14/h2-6,9,12,17H,7-8,10-11,13H2,1H3. The van der Waals surface area contributed by atoms with Gasteiger partial charge in [-0.05, 0) is 25.5 Å². The number of rotatable bonds is 4. The molecular weight excluding hydrogens is 266 g/mol. The summed E-state index contributed by atoms with van der Waals surface area (Å²) in [5.74, 6) is 0. The maximum atomic E-state index is 4.53. The van der Waals surface area contributed by atoms with Gasteiger partial charge in [-0.1, -0.05) is 30.3 Å². The first-order valence-electron chi connectivity index (χ1n) is 7.17. The maximum Gasteiger partial charge on any atom is 0.113 e. The number of nitrogens with zero attached hydrogens (tertiary/aromatic N) is 2. The lowest BCUT2D eigenvalue weighted by Crippen LogP contribution is -2.49. The maximum absolute atomic E-state index is 4.53. The van der Waals surface area contributed by atoms with Crippen molar-refractivity contribution < 1.29 is 0 Å². The van der Waals surface area contributed by atoms with Crippen molar-refractivity contribution in [1.29, 1.82) is 0 Å². The van der Waals surface area contributed by atoms with Crippen molar-refractivity contribution in [3.63, 3.8) is 0 Å². The monoisotopic (exact) mass is 287 g/mol. The van der Waals surface area contributed by atoms with E-state index in [1.54, 1.807) is 11.3 Å². The highest BCUT2D eigenvalue weighted by Gasteiger charge is 2.36. The molecular formula is C16H21N3S. The summed E-state index contributed by atoms with van der Waals surface area (Å²) in [5, 5.41) is 6.84. The summed E-state index contributed by atoms with van der Waals surface area (Å²) in [7, 11) is 2.06. The highest BCUT2D eigenvalue weighted by molar-refractivity contribution is 7.09. The van der Waals surface area contributed by atoms with Crippen molar-refractivity contribution in [3.05, 3.63) is 52.5 Å². The van der Waals surface area contributed by atoms with Crippen molar-refractivity contribution in [2.75, 3.05) is 20.1 Å². The van der Waals surface area contributed by atoms with Crippen LogP contribution in [0.3, 0.4) is 0 Å². The van der Waals surface area contributed by atoms with Gasteiger partial charge in [-0.25, -0.2) is 4.98 Å². The summed E-state index contributed by atoms with van der Waals surface area (Å²) in [6.45, 7) is 3.29. The third kappa shape index (κ3) is 2.77. The molecule has 1 N–H and O–H groups in total. The Kier molecular flexibility index (Phi) is 4.15. The molecule has 0 amide bonds. The highest BCUT2D eigenvalue weighted by atomic mass is 32.1. The smallest absolute Gasteiger partial charge is 0.113 e. The first-order valence-corrected chi connectivity index (χ1v) is 8.05. The normalized spacial score (nSPS) is 19.1. The zero-order valence-electron chi connectivity index (χ0n) is 11.9. The van der Waals surface area contributed by atoms with Crippen molar-refractivity contribution in [3.8, 4) is 0 Å². The molecule has 1 aliphatic rings. The van der Waals surface area contributed by atoms with E-state index in [4.69, 9.17) is 0 Å². The van der Waals surface area contributed by atoms with Crippen LogP contribution in [0.25, 0.3) is 0 Å². The highest BCUT2D eigenvalue weighted by Crippen LogP contribution is 2.34. The number of benzene rings is 1. The molecule has 3 nitrogen and oxygen atoms in total. The molecule has 0 bridgehead atoms. The van der Waals surface area contributed by atoms with Gasteiger partial charge in [-0.3, -0.25) is 4.90 Å². The van der Waals surface area contributed by atoms with Gasteiger partial charge in [0, 0.05) is 31.2 Å². The number of hydrogen-bond acceptors (Lipinski definition) is 4. The van der Waals surface area contributed by atoms with Crippen LogP contribution in [0.5, 0.6) is 0 Å². The Morgan fingerprint density at radius 1 is 1.25 bits per heavy atom. The van der Waals surface area contributed by atoms with E-state index in [1.165, 1.54) is 10.6 Å². The van der Waals surface area contributed by atoms with Crippen molar-refractivity contribution in [1.82, 2.24) is 15.2 Å². The Hall–Kier alpha value is -1.23. The van der Waals surface area contributed by atoms with E-state index >= 15 is 0 Å². The predicted octanol–water partition coefficient (Wildman–Crippen LogP) is 2.85. The molecule has 1 fully saturated rings. The summed E-state index contributed by atoms with van der Waals surface area (Å²) in [6, 6.07) is 10.7. The minimum atomic E-state index is 0.0847. The fourth-order valence-corrected chi connectivity index (χ4v) is 3.87. The van der Waals surface area contributed by atoms with Crippen molar-refractivity contribution in [2.24, 2.45) is 0 Å². The number of likely N-dealkylation sites (tertiary alicyclic amines) is 1. The number of nitrogens with one attached hydrogen (secondary N) is 1. The van der Waals surface area contributed by atoms with Crippen LogP contribution < -0.4 is 5.32 Å². The number of piperidine rings is 1. The van der Waals surface area contributed by atoms with Gasteiger partial charge >= 0.3 is 0 Å². The van der Waals surface area contributed by atoms with Gasteiger partial charge in [0.2, 0.25) is 0 Å². The van der Waals surface area contributed by atoms with Crippen LogP contribution in [0.15, 0.2) is 41.9 Å². The quantitative estimate of drug-likeness (QED) is 0.937. The topological polar surface area (TPSA) is 28.2 Å². The van der Waals surface area contributed by atoms with E-state index in [9.17, 15) is 0 Å². The molecule has 4 heteroatoms. The van der Waals surface area contributed by atoms with Crippen LogP contribution in [0, 0.1) is 0 Å². The predicted molar refractivity (Wildman–Crippen MR) is 83.8 cm³/mol. The molecule has 0 atom stereocenters. The Balaban J connectivity index is 1.64. The summed E-state index contributed by atoms with van der Waals surface area (Å²) in [5.41, 5.74) is 1.49.